The van der Waals surface area contributed by atoms with Crippen LogP contribution in [0.1, 0.15) is 25.0 Å². The first-order valence-corrected chi connectivity index (χ1v) is 7.49. The van der Waals surface area contributed by atoms with Gasteiger partial charge in [0.2, 0.25) is 5.69 Å². The monoisotopic (exact) mass is 509 g/mol. The van der Waals surface area contributed by atoms with Crippen LogP contribution in [-0.4, -0.2) is 24.2 Å². The smallest absolute Gasteiger partial charge is 1.00 e. The number of halogens is 3. The Hall–Kier alpha value is 0.869. The predicted octanol–water partition coefficient (Wildman–Crippen LogP) is -6.33. The molecule has 0 bridgehead atoms. The quantitative estimate of drug-likeness (QED) is 0.227. The molecule has 0 N–H and O–H groups in total. The number of nitrogens with zero attached hydrogens (tertiary/aromatic N) is 2. The third kappa shape index (κ3) is 8.33. The summed E-state index contributed by atoms with van der Waals surface area (Å²) in [7, 11) is 2.10. The number of hydrogen-bond donors (Lipinski definition) is 0. The number of thioether (sulfide) groups is 1. The third-order valence-electron chi connectivity index (χ3n) is 3.24. The van der Waals surface area contributed by atoms with Gasteiger partial charge in [0, 0.05) is 31.3 Å². The van der Waals surface area contributed by atoms with Crippen LogP contribution in [0, 0.1) is 0 Å². The van der Waals surface area contributed by atoms with Gasteiger partial charge in [0.15, 0.2) is 6.20 Å². The van der Waals surface area contributed by atoms with E-state index in [0.717, 1.165) is 0 Å². The van der Waals surface area contributed by atoms with Crippen molar-refractivity contribution in [2.75, 3.05) is 19.3 Å². The molecule has 1 aromatic heterocycles. The fourth-order valence-corrected chi connectivity index (χ4v) is 2.89. The van der Waals surface area contributed by atoms with Gasteiger partial charge in [0.1, 0.15) is 7.05 Å². The second kappa shape index (κ2) is 14.5. The molecule has 0 atom stereocenters. The van der Waals surface area contributed by atoms with Crippen molar-refractivity contribution in [1.29, 1.82) is 0 Å². The number of piperidine rings is 1. The molecular formula is C14H21Cl2CuIN2S. The molecule has 0 spiro atoms. The van der Waals surface area contributed by atoms with Crippen LogP contribution in [0.5, 0.6) is 0 Å². The third-order valence-corrected chi connectivity index (χ3v) is 4.04. The first kappa shape index (κ1) is 26.8. The van der Waals surface area contributed by atoms with Gasteiger partial charge in [-0.3, -0.25) is 0 Å². The van der Waals surface area contributed by atoms with Gasteiger partial charge in [-0.1, -0.05) is 0 Å². The Morgan fingerprint density at radius 1 is 1.19 bits per heavy atom. The van der Waals surface area contributed by atoms with E-state index in [1.54, 1.807) is 0 Å². The second-order valence-electron chi connectivity index (χ2n) is 4.47. The van der Waals surface area contributed by atoms with Crippen LogP contribution >= 0.6 is 11.8 Å². The van der Waals surface area contributed by atoms with E-state index in [1.807, 2.05) is 11.8 Å². The van der Waals surface area contributed by atoms with Crippen molar-refractivity contribution in [2.24, 2.45) is 7.05 Å². The summed E-state index contributed by atoms with van der Waals surface area (Å²) in [4.78, 5) is 2.52. The van der Waals surface area contributed by atoms with Gasteiger partial charge in [-0.05, 0) is 31.6 Å². The van der Waals surface area contributed by atoms with E-state index >= 15 is 0 Å². The van der Waals surface area contributed by atoms with Crippen LogP contribution < -0.4 is 53.4 Å². The standard InChI is InChI=1S/C14H21N2S.2ClH.Cu.HI/c1-15-9-7-4-8-13(15)12-14(17-2)16-10-5-3-6-11-16;;;;/h4,7-9,12H,3,5-6,10-11H2,1-2H3;2*1H;;1H/q+1;;;+2;/p-3. The minimum Gasteiger partial charge on any atom is -1.00 e. The maximum absolute atomic E-state index is 2.52. The topological polar surface area (TPSA) is 7.12 Å². The number of pyridine rings is 1. The molecule has 2 heterocycles. The molecule has 1 aromatic rings. The van der Waals surface area contributed by atoms with E-state index in [1.165, 1.54) is 43.1 Å². The summed E-state index contributed by atoms with van der Waals surface area (Å²) in [6.07, 6.45) is 10.6. The first-order chi connectivity index (χ1) is 8.31. The number of rotatable bonds is 3. The van der Waals surface area contributed by atoms with Crippen molar-refractivity contribution in [3.8, 4) is 0 Å². The molecule has 2 rings (SSSR count). The maximum Gasteiger partial charge on any atom is 2.00 e. The van der Waals surface area contributed by atoms with Gasteiger partial charge in [0.25, 0.3) is 0 Å². The number of hydrogen-bond acceptors (Lipinski definition) is 2. The zero-order valence-corrected chi connectivity index (χ0v) is 17.6. The fraction of sp³-hybridized carbons (Fsp3) is 0.500. The first-order valence-electron chi connectivity index (χ1n) is 6.26. The molecule has 0 saturated carbocycles. The fourth-order valence-electron chi connectivity index (χ4n) is 2.21. The molecule has 0 unspecified atom stereocenters. The Morgan fingerprint density at radius 2 is 1.81 bits per heavy atom. The van der Waals surface area contributed by atoms with E-state index in [0.29, 0.717) is 0 Å². The molecule has 0 aromatic carbocycles. The number of likely N-dealkylation sites (tertiary alicyclic amines) is 1. The van der Waals surface area contributed by atoms with Gasteiger partial charge >= 0.3 is 17.1 Å². The zero-order valence-electron chi connectivity index (χ0n) is 12.2. The van der Waals surface area contributed by atoms with E-state index in [9.17, 15) is 0 Å². The zero-order chi connectivity index (χ0) is 12.1. The molecular weight excluding hydrogens is 490 g/mol. The van der Waals surface area contributed by atoms with Gasteiger partial charge < -0.3 is 53.7 Å². The van der Waals surface area contributed by atoms with Gasteiger partial charge in [-0.2, -0.15) is 0 Å². The summed E-state index contributed by atoms with van der Waals surface area (Å²) >= 11 is 1.85. The summed E-state index contributed by atoms with van der Waals surface area (Å²) < 4.78 is 2.17. The average molecular weight is 511 g/mol. The van der Waals surface area contributed by atoms with E-state index in [4.69, 9.17) is 0 Å². The molecule has 0 amide bonds. The largest absolute Gasteiger partial charge is 2.00 e. The minimum atomic E-state index is 0. The van der Waals surface area contributed by atoms with Crippen LogP contribution in [0.25, 0.3) is 6.08 Å². The van der Waals surface area contributed by atoms with Crippen molar-refractivity contribution >= 4 is 17.8 Å². The predicted molar refractivity (Wildman–Crippen MR) is 74.5 cm³/mol. The Bertz CT molecular complexity index is 416. The van der Waals surface area contributed by atoms with Crippen LogP contribution in [-0.2, 0) is 24.1 Å². The SMILES string of the molecule is CS/C(=C\c1cccc[n+]1C)N1CCCCC1.[Cl-].[Cl-].[Cu+2].[I-]. The Morgan fingerprint density at radius 3 is 2.33 bits per heavy atom. The summed E-state index contributed by atoms with van der Waals surface area (Å²) in [5.74, 6) is 0. The van der Waals surface area contributed by atoms with E-state index < -0.39 is 0 Å². The number of aromatic nitrogens is 1. The van der Waals surface area contributed by atoms with Crippen molar-refractivity contribution in [3.63, 3.8) is 0 Å². The van der Waals surface area contributed by atoms with Crippen LogP contribution in [0.2, 0.25) is 0 Å². The van der Waals surface area contributed by atoms with E-state index in [-0.39, 0.29) is 65.9 Å². The molecule has 1 saturated heterocycles. The van der Waals surface area contributed by atoms with Crippen LogP contribution in [0.3, 0.4) is 0 Å². The van der Waals surface area contributed by atoms with Crippen LogP contribution in [0.4, 0.5) is 0 Å². The van der Waals surface area contributed by atoms with Crippen molar-refractivity contribution in [3.05, 3.63) is 35.1 Å². The molecule has 1 radical (unpaired) electrons. The minimum absolute atomic E-state index is 0. The van der Waals surface area contributed by atoms with Crippen LogP contribution in [0.15, 0.2) is 29.4 Å². The molecule has 1 aliphatic rings. The van der Waals surface area contributed by atoms with E-state index in [2.05, 4.69) is 53.2 Å². The summed E-state index contributed by atoms with van der Waals surface area (Å²) in [5, 5.41) is 1.39. The molecule has 21 heavy (non-hydrogen) atoms. The summed E-state index contributed by atoms with van der Waals surface area (Å²) in [6, 6.07) is 6.33. The molecule has 125 valence electrons. The van der Waals surface area contributed by atoms with Gasteiger partial charge in [-0.25, -0.2) is 4.57 Å². The van der Waals surface area contributed by atoms with Gasteiger partial charge in [0.05, 0.1) is 5.03 Å². The molecule has 2 nitrogen and oxygen atoms in total. The Kier molecular flexibility index (Phi) is 18.4. The Balaban J connectivity index is -0.000000810. The van der Waals surface area contributed by atoms with Crippen molar-refractivity contribution in [2.45, 2.75) is 19.3 Å². The normalized spacial score (nSPS) is 14.0. The second-order valence-corrected chi connectivity index (χ2v) is 5.30. The molecule has 0 aliphatic carbocycles. The van der Waals surface area contributed by atoms with Crippen molar-refractivity contribution in [1.82, 2.24) is 4.90 Å². The van der Waals surface area contributed by atoms with Crippen molar-refractivity contribution < 1.29 is 70.4 Å². The maximum atomic E-state index is 2.52. The summed E-state index contributed by atoms with van der Waals surface area (Å²) in [5.41, 5.74) is 1.27. The molecule has 1 fully saturated rings. The Labute approximate surface area is 172 Å². The van der Waals surface area contributed by atoms with Gasteiger partial charge in [-0.15, -0.1) is 11.8 Å². The molecule has 1 aliphatic heterocycles. The average Bonchev–Trinajstić information content (AvgIpc) is 2.39. The summed E-state index contributed by atoms with van der Waals surface area (Å²) in [6.45, 7) is 2.42. The molecule has 7 heteroatoms. The number of aryl methyl sites for hydroxylation is 1.